The second-order valence-electron chi connectivity index (χ2n) is 8.59. The Morgan fingerprint density at radius 1 is 1.21 bits per heavy atom. The zero-order valence-corrected chi connectivity index (χ0v) is 20.1. The van der Waals surface area contributed by atoms with Crippen LogP contribution in [0, 0.1) is 5.92 Å². The molecule has 11 heteroatoms. The number of aromatic nitrogens is 4. The minimum absolute atomic E-state index is 0.0504. The first kappa shape index (κ1) is 24.1. The lowest BCUT2D eigenvalue weighted by atomic mass is 10.2. The molecule has 1 saturated heterocycles. The molecule has 3 aromatic rings. The molecule has 1 aliphatic heterocycles. The molecule has 0 radical (unpaired) electrons. The van der Waals surface area contributed by atoms with Crippen LogP contribution in [0.25, 0.3) is 10.9 Å². The van der Waals surface area contributed by atoms with Crippen molar-refractivity contribution in [1.29, 1.82) is 0 Å². The van der Waals surface area contributed by atoms with Crippen molar-refractivity contribution in [2.24, 2.45) is 5.92 Å². The highest BCUT2D eigenvalue weighted by Gasteiger charge is 2.21. The fourth-order valence-electron chi connectivity index (χ4n) is 3.84. The number of fused-ring (bicyclic) bond motifs is 1. The average Bonchev–Trinajstić information content (AvgIpc) is 2.80. The van der Waals surface area contributed by atoms with Gasteiger partial charge in [0.1, 0.15) is 22.2 Å². The van der Waals surface area contributed by atoms with Crippen LogP contribution in [0.5, 0.6) is 0 Å². The lowest BCUT2D eigenvalue weighted by Gasteiger charge is -2.25. The number of carbonyl (C=O) groups excluding carboxylic acids is 1. The molecule has 0 amide bonds. The Kier molecular flexibility index (Phi) is 7.44. The molecule has 0 saturated carbocycles. The number of hydrogen-bond acceptors (Lipinski definition) is 9. The van der Waals surface area contributed by atoms with Crippen molar-refractivity contribution >= 4 is 34.3 Å². The Hall–Kier alpha value is -3.02. The molecule has 3 heterocycles. The van der Waals surface area contributed by atoms with Crippen molar-refractivity contribution in [3.8, 4) is 0 Å². The number of benzene rings is 1. The van der Waals surface area contributed by atoms with Crippen LogP contribution in [0.1, 0.15) is 30.0 Å². The van der Waals surface area contributed by atoms with Gasteiger partial charge in [0.2, 0.25) is 0 Å². The van der Waals surface area contributed by atoms with Gasteiger partial charge in [-0.05, 0) is 12.0 Å². The van der Waals surface area contributed by atoms with Gasteiger partial charge < -0.3 is 10.5 Å². The molecular formula is C23H28N6O4S. The van der Waals surface area contributed by atoms with Gasteiger partial charge in [0, 0.05) is 25.0 Å². The number of anilines is 1. The molecule has 0 atom stereocenters. The van der Waals surface area contributed by atoms with Gasteiger partial charge in [-0.25, -0.2) is 14.8 Å². The number of carbonyl (C=O) groups is 1. The molecule has 1 aliphatic rings. The maximum atomic E-state index is 13.0. The number of nitrogens with zero attached hydrogens (tertiary/aromatic N) is 4. The van der Waals surface area contributed by atoms with Crippen molar-refractivity contribution in [3.63, 3.8) is 0 Å². The Labute approximate surface area is 200 Å². The van der Waals surface area contributed by atoms with Gasteiger partial charge in [0.25, 0.3) is 5.56 Å². The Morgan fingerprint density at radius 2 is 1.94 bits per heavy atom. The van der Waals surface area contributed by atoms with E-state index in [1.54, 1.807) is 0 Å². The second-order valence-corrected chi connectivity index (χ2v) is 9.55. The smallest absolute Gasteiger partial charge is 0.329 e. The summed E-state index contributed by atoms with van der Waals surface area (Å²) in [5.74, 6) is 0.164. The second kappa shape index (κ2) is 10.5. The Balaban J connectivity index is 1.60. The average molecular weight is 485 g/mol. The van der Waals surface area contributed by atoms with Crippen molar-refractivity contribution < 1.29 is 9.53 Å². The summed E-state index contributed by atoms with van der Waals surface area (Å²) in [6, 6.07) is 7.62. The van der Waals surface area contributed by atoms with E-state index in [9.17, 15) is 14.4 Å². The van der Waals surface area contributed by atoms with Crippen LogP contribution in [0.15, 0.2) is 38.9 Å². The highest BCUT2D eigenvalue weighted by molar-refractivity contribution is 8.00. The molecule has 180 valence electrons. The molecule has 10 nitrogen and oxygen atoms in total. The third kappa shape index (κ3) is 5.37. The number of nitrogen functional groups attached to an aromatic ring is 1. The number of ether oxygens (including phenoxy) is 1. The van der Waals surface area contributed by atoms with Crippen LogP contribution >= 0.6 is 11.8 Å². The molecule has 0 bridgehead atoms. The van der Waals surface area contributed by atoms with Crippen LogP contribution in [0.2, 0.25) is 0 Å². The number of nitrogens with one attached hydrogen (secondary N) is 1. The van der Waals surface area contributed by atoms with E-state index in [1.165, 1.54) is 16.3 Å². The van der Waals surface area contributed by atoms with Crippen molar-refractivity contribution in [2.45, 2.75) is 32.0 Å². The molecule has 1 aromatic carbocycles. The number of morpholine rings is 1. The minimum atomic E-state index is -0.770. The van der Waals surface area contributed by atoms with Gasteiger partial charge in [-0.1, -0.05) is 43.8 Å². The first-order valence-corrected chi connectivity index (χ1v) is 12.2. The standard InChI is InChI=1S/C23H28N6O4S/c1-14(2)11-29-20(24)19(21(31)27-23(29)32)17(30)13-34-22-15-5-3-4-6-16(15)25-18(26-22)12-28-7-9-33-10-8-28/h3-6,14H,7-13,24H2,1-2H3,(H,27,31,32). The van der Waals surface area contributed by atoms with Gasteiger partial charge in [0.15, 0.2) is 5.78 Å². The van der Waals surface area contributed by atoms with E-state index in [1.807, 2.05) is 38.1 Å². The van der Waals surface area contributed by atoms with Crippen LogP contribution in [0.4, 0.5) is 5.82 Å². The molecule has 4 rings (SSSR count). The number of rotatable bonds is 8. The maximum Gasteiger partial charge on any atom is 0.329 e. The van der Waals surface area contributed by atoms with Crippen LogP contribution < -0.4 is 17.0 Å². The van der Waals surface area contributed by atoms with Crippen molar-refractivity contribution in [3.05, 3.63) is 56.5 Å². The summed E-state index contributed by atoms with van der Waals surface area (Å²) >= 11 is 1.23. The van der Waals surface area contributed by atoms with Gasteiger partial charge in [-0.2, -0.15) is 0 Å². The van der Waals surface area contributed by atoms with Gasteiger partial charge in [-0.3, -0.25) is 24.0 Å². The summed E-state index contributed by atoms with van der Waals surface area (Å²) in [6.45, 7) is 7.71. The molecule has 0 aliphatic carbocycles. The van der Waals surface area contributed by atoms with E-state index in [2.05, 4.69) is 14.9 Å². The van der Waals surface area contributed by atoms with E-state index >= 15 is 0 Å². The number of hydrogen-bond donors (Lipinski definition) is 2. The third-order valence-corrected chi connectivity index (χ3v) is 6.48. The minimum Gasteiger partial charge on any atom is -0.384 e. The highest BCUT2D eigenvalue weighted by atomic mass is 32.2. The quantitative estimate of drug-likeness (QED) is 0.277. The molecular weight excluding hydrogens is 456 g/mol. The number of aromatic amines is 1. The monoisotopic (exact) mass is 484 g/mol. The molecule has 3 N–H and O–H groups in total. The first-order valence-electron chi connectivity index (χ1n) is 11.2. The summed E-state index contributed by atoms with van der Waals surface area (Å²) in [5.41, 5.74) is 5.30. The fourth-order valence-corrected chi connectivity index (χ4v) is 4.75. The molecule has 2 aromatic heterocycles. The Bertz CT molecular complexity index is 1310. The molecule has 0 spiro atoms. The van der Waals surface area contributed by atoms with Gasteiger partial charge in [0.05, 0.1) is 31.0 Å². The van der Waals surface area contributed by atoms with E-state index in [4.69, 9.17) is 15.5 Å². The summed E-state index contributed by atoms with van der Waals surface area (Å²) < 4.78 is 6.65. The predicted octanol–water partition coefficient (Wildman–Crippen LogP) is 1.53. The summed E-state index contributed by atoms with van der Waals surface area (Å²) in [5, 5.41) is 1.49. The zero-order valence-electron chi connectivity index (χ0n) is 19.2. The zero-order chi connectivity index (χ0) is 24.2. The summed E-state index contributed by atoms with van der Waals surface area (Å²) in [4.78, 5) is 51.5. The molecule has 34 heavy (non-hydrogen) atoms. The van der Waals surface area contributed by atoms with E-state index < -0.39 is 17.0 Å². The maximum absolute atomic E-state index is 13.0. The lowest BCUT2D eigenvalue weighted by Crippen LogP contribution is -2.37. The van der Waals surface area contributed by atoms with Gasteiger partial charge >= 0.3 is 5.69 Å². The van der Waals surface area contributed by atoms with Crippen molar-refractivity contribution in [2.75, 3.05) is 37.8 Å². The number of Topliss-reactive ketones (excluding diaryl/α,β-unsaturated/α-hetero) is 1. The van der Waals surface area contributed by atoms with Crippen LogP contribution in [-0.4, -0.2) is 62.3 Å². The number of para-hydroxylation sites is 1. The van der Waals surface area contributed by atoms with Gasteiger partial charge in [-0.15, -0.1) is 0 Å². The van der Waals surface area contributed by atoms with Crippen LogP contribution in [-0.2, 0) is 17.8 Å². The number of H-pyrrole nitrogens is 1. The molecule has 0 unspecified atom stereocenters. The van der Waals surface area contributed by atoms with E-state index in [-0.39, 0.29) is 23.1 Å². The first-order chi connectivity index (χ1) is 16.3. The Morgan fingerprint density at radius 3 is 2.68 bits per heavy atom. The van der Waals surface area contributed by atoms with Crippen molar-refractivity contribution in [1.82, 2.24) is 24.4 Å². The topological polar surface area (TPSA) is 136 Å². The SMILES string of the molecule is CC(C)Cn1c(N)c(C(=O)CSc2nc(CN3CCOCC3)nc3ccccc23)c(=O)[nH]c1=O. The summed E-state index contributed by atoms with van der Waals surface area (Å²) in [6.07, 6.45) is 0. The van der Waals surface area contributed by atoms with E-state index in [0.717, 1.165) is 24.0 Å². The van der Waals surface area contributed by atoms with E-state index in [0.29, 0.717) is 37.2 Å². The fraction of sp³-hybridized carbons (Fsp3) is 0.435. The molecule has 1 fully saturated rings. The number of nitrogens with two attached hydrogens (primary N) is 1. The number of ketones is 1. The highest BCUT2D eigenvalue weighted by Crippen LogP contribution is 2.26. The lowest BCUT2D eigenvalue weighted by molar-refractivity contribution is 0.0330. The third-order valence-electron chi connectivity index (χ3n) is 5.49. The summed E-state index contributed by atoms with van der Waals surface area (Å²) in [7, 11) is 0. The predicted molar refractivity (Wildman–Crippen MR) is 131 cm³/mol. The number of thioether (sulfide) groups is 1. The van der Waals surface area contributed by atoms with Crippen LogP contribution in [0.3, 0.4) is 0 Å². The normalized spacial score (nSPS) is 14.7. The largest absolute Gasteiger partial charge is 0.384 e.